The Morgan fingerprint density at radius 1 is 0.962 bits per heavy atom. The van der Waals surface area contributed by atoms with E-state index in [2.05, 4.69) is 65.0 Å². The molecule has 150 valence electrons. The molecule has 0 aromatic heterocycles. The summed E-state index contributed by atoms with van der Waals surface area (Å²) in [6, 6.07) is 0. The predicted molar refractivity (Wildman–Crippen MR) is 121 cm³/mol. The molecule has 0 bridgehead atoms. The number of hydrogen-bond acceptors (Lipinski definition) is 4. The molecule has 4 nitrogen and oxygen atoms in total. The van der Waals surface area contributed by atoms with E-state index in [1.807, 2.05) is 35.4 Å². The van der Waals surface area contributed by atoms with E-state index in [-0.39, 0.29) is 26.5 Å². The first-order chi connectivity index (χ1) is 11.5. The van der Waals surface area contributed by atoms with Gasteiger partial charge in [-0.3, -0.25) is 9.79 Å². The molecule has 3 N–H and O–H groups in total. The van der Waals surface area contributed by atoms with Crippen molar-refractivity contribution in [3.05, 3.63) is 25.3 Å². The molecule has 6 heteroatoms. The third-order valence-corrected chi connectivity index (χ3v) is 7.74. The molecule has 0 heterocycles. The lowest BCUT2D eigenvalue weighted by Gasteiger charge is -2.38. The molecule has 0 saturated heterocycles. The van der Waals surface area contributed by atoms with Crippen molar-refractivity contribution in [3.8, 4) is 0 Å². The average molecular weight is 400 g/mol. The maximum atomic E-state index is 11.6. The highest BCUT2D eigenvalue weighted by atomic mass is 33.1. The summed E-state index contributed by atoms with van der Waals surface area (Å²) in [5.41, 5.74) is 5.27. The molecular formula is C20H37N3OS2. The average Bonchev–Trinajstić information content (AvgIpc) is 2.41. The molecule has 0 atom stereocenters. The Hall–Kier alpha value is -0.880. The quantitative estimate of drug-likeness (QED) is 0.219. The standard InChI is InChI=1S/C20H37N3OS2/c1-11-15(21)22-17(3,4)13-19(7,8)25-26-20(9,10)14-18(5,6)23-16(24)12-2/h11-12H,1-2,13-14H2,3-10H3,(H2,21,22)(H,23,24). The molecule has 0 aliphatic carbocycles. The number of nitrogens with one attached hydrogen (secondary N) is 1. The zero-order chi connectivity index (χ0) is 20.8. The number of amides is 1. The zero-order valence-electron chi connectivity index (χ0n) is 17.7. The van der Waals surface area contributed by atoms with Crippen LogP contribution in [0.25, 0.3) is 0 Å². The number of carbonyl (C=O) groups is 1. The van der Waals surface area contributed by atoms with Gasteiger partial charge >= 0.3 is 0 Å². The highest BCUT2D eigenvalue weighted by molar-refractivity contribution is 8.77. The molecule has 0 radical (unpaired) electrons. The van der Waals surface area contributed by atoms with Crippen molar-refractivity contribution >= 4 is 33.3 Å². The Bertz CT molecular complexity index is 549. The van der Waals surface area contributed by atoms with Crippen LogP contribution in [-0.2, 0) is 4.79 Å². The number of nitrogens with zero attached hydrogens (tertiary/aromatic N) is 1. The minimum Gasteiger partial charge on any atom is -0.384 e. The normalized spacial score (nSPS) is 14.1. The van der Waals surface area contributed by atoms with Crippen molar-refractivity contribution in [2.24, 2.45) is 10.7 Å². The second-order valence-corrected chi connectivity index (χ2v) is 12.7. The largest absolute Gasteiger partial charge is 0.384 e. The third-order valence-electron chi connectivity index (χ3n) is 3.51. The van der Waals surface area contributed by atoms with Gasteiger partial charge in [0.2, 0.25) is 5.91 Å². The van der Waals surface area contributed by atoms with Gasteiger partial charge < -0.3 is 11.1 Å². The van der Waals surface area contributed by atoms with Crippen molar-refractivity contribution < 1.29 is 4.79 Å². The van der Waals surface area contributed by atoms with Crippen molar-refractivity contribution in [1.82, 2.24) is 5.32 Å². The van der Waals surface area contributed by atoms with Crippen LogP contribution in [-0.4, -0.2) is 32.3 Å². The SMILES string of the molecule is C=CC(=O)NC(C)(C)CC(C)(C)SSC(C)(C)CC(C)(C)N=C(N)C=C. The summed E-state index contributed by atoms with van der Waals surface area (Å²) in [6.07, 6.45) is 4.63. The Labute approximate surface area is 168 Å². The van der Waals surface area contributed by atoms with E-state index < -0.39 is 0 Å². The summed E-state index contributed by atoms with van der Waals surface area (Å²) < 4.78 is 0.0122. The number of nitrogens with two attached hydrogens (primary N) is 1. The minimum atomic E-state index is -0.297. The molecule has 0 spiro atoms. The topological polar surface area (TPSA) is 67.5 Å². The Morgan fingerprint density at radius 2 is 1.42 bits per heavy atom. The molecule has 1 amide bonds. The minimum absolute atomic E-state index is 0.00651. The smallest absolute Gasteiger partial charge is 0.243 e. The summed E-state index contributed by atoms with van der Waals surface area (Å²) in [4.78, 5) is 16.2. The van der Waals surface area contributed by atoms with E-state index >= 15 is 0 Å². The van der Waals surface area contributed by atoms with Crippen LogP contribution in [0.4, 0.5) is 0 Å². The molecule has 0 rings (SSSR count). The van der Waals surface area contributed by atoms with Crippen LogP contribution in [0.2, 0.25) is 0 Å². The summed E-state index contributed by atoms with van der Waals surface area (Å²) >= 11 is 0. The first-order valence-electron chi connectivity index (χ1n) is 8.82. The first-order valence-corrected chi connectivity index (χ1v) is 11.0. The van der Waals surface area contributed by atoms with Crippen LogP contribution in [0.15, 0.2) is 30.3 Å². The molecule has 0 aromatic carbocycles. The summed E-state index contributed by atoms with van der Waals surface area (Å²) in [5, 5.41) is 3.00. The fourth-order valence-electron chi connectivity index (χ4n) is 3.25. The third kappa shape index (κ3) is 11.0. The number of aliphatic imine (C=N–C) groups is 1. The van der Waals surface area contributed by atoms with Gasteiger partial charge in [-0.05, 0) is 80.4 Å². The van der Waals surface area contributed by atoms with Gasteiger partial charge in [0.15, 0.2) is 0 Å². The molecule has 0 fully saturated rings. The number of amidine groups is 1. The van der Waals surface area contributed by atoms with Crippen LogP contribution in [0, 0.1) is 0 Å². The van der Waals surface area contributed by atoms with Crippen LogP contribution in [0.3, 0.4) is 0 Å². The molecule has 26 heavy (non-hydrogen) atoms. The molecule has 0 saturated carbocycles. The molecule has 0 aromatic rings. The monoisotopic (exact) mass is 399 g/mol. The van der Waals surface area contributed by atoms with E-state index in [4.69, 9.17) is 5.73 Å². The van der Waals surface area contributed by atoms with Crippen molar-refractivity contribution in [1.29, 1.82) is 0 Å². The van der Waals surface area contributed by atoms with Crippen LogP contribution >= 0.6 is 21.6 Å². The lowest BCUT2D eigenvalue weighted by atomic mass is 9.92. The van der Waals surface area contributed by atoms with E-state index in [9.17, 15) is 4.79 Å². The fraction of sp³-hybridized carbons (Fsp3) is 0.700. The van der Waals surface area contributed by atoms with Gasteiger partial charge in [0.25, 0.3) is 0 Å². The molecule has 0 aliphatic rings. The Morgan fingerprint density at radius 3 is 1.85 bits per heavy atom. The Kier molecular flexibility index (Phi) is 9.04. The van der Waals surface area contributed by atoms with Crippen LogP contribution < -0.4 is 11.1 Å². The van der Waals surface area contributed by atoms with E-state index in [1.165, 1.54) is 6.08 Å². The summed E-state index contributed by atoms with van der Waals surface area (Å²) in [5.74, 6) is 0.340. The van der Waals surface area contributed by atoms with Gasteiger partial charge in [-0.15, -0.1) is 0 Å². The predicted octanol–water partition coefficient (Wildman–Crippen LogP) is 5.11. The van der Waals surface area contributed by atoms with Gasteiger partial charge in [-0.1, -0.05) is 34.7 Å². The zero-order valence-corrected chi connectivity index (χ0v) is 19.4. The van der Waals surface area contributed by atoms with Gasteiger partial charge in [0, 0.05) is 15.0 Å². The molecular weight excluding hydrogens is 362 g/mol. The van der Waals surface area contributed by atoms with Gasteiger partial charge in [0.05, 0.1) is 5.54 Å². The highest BCUT2D eigenvalue weighted by Gasteiger charge is 2.35. The van der Waals surface area contributed by atoms with E-state index in [1.54, 1.807) is 6.08 Å². The second-order valence-electron chi connectivity index (χ2n) is 9.17. The summed E-state index contributed by atoms with van der Waals surface area (Å²) in [6.45, 7) is 24.3. The van der Waals surface area contributed by atoms with E-state index in [0.717, 1.165) is 12.8 Å². The molecule has 0 aliphatic heterocycles. The van der Waals surface area contributed by atoms with Crippen molar-refractivity contribution in [2.45, 2.75) is 88.8 Å². The van der Waals surface area contributed by atoms with Gasteiger partial charge in [-0.25, -0.2) is 0 Å². The second kappa shape index (κ2) is 9.36. The first kappa shape index (κ1) is 25.1. The number of carbonyl (C=O) groups excluding carboxylic acids is 1. The lowest BCUT2D eigenvalue weighted by Crippen LogP contribution is -2.46. The maximum absolute atomic E-state index is 11.6. The Balaban J connectivity index is 4.89. The number of rotatable bonds is 11. The summed E-state index contributed by atoms with van der Waals surface area (Å²) in [7, 11) is 3.71. The highest BCUT2D eigenvalue weighted by Crippen LogP contribution is 2.49. The van der Waals surface area contributed by atoms with Crippen molar-refractivity contribution in [2.75, 3.05) is 0 Å². The van der Waals surface area contributed by atoms with Crippen LogP contribution in [0.5, 0.6) is 0 Å². The maximum Gasteiger partial charge on any atom is 0.243 e. The van der Waals surface area contributed by atoms with Gasteiger partial charge in [0.1, 0.15) is 5.84 Å². The fourth-order valence-corrected chi connectivity index (χ4v) is 6.24. The number of hydrogen-bond donors (Lipinski definition) is 2. The molecule has 0 unspecified atom stereocenters. The van der Waals surface area contributed by atoms with E-state index in [0.29, 0.717) is 5.84 Å². The van der Waals surface area contributed by atoms with Gasteiger partial charge in [-0.2, -0.15) is 0 Å². The van der Waals surface area contributed by atoms with Crippen molar-refractivity contribution in [3.63, 3.8) is 0 Å². The lowest BCUT2D eigenvalue weighted by molar-refractivity contribution is -0.118. The van der Waals surface area contributed by atoms with Crippen LogP contribution in [0.1, 0.15) is 68.2 Å².